The number of benzene rings is 2. The molecule has 0 bridgehead atoms. The molecule has 154 valence electrons. The van der Waals surface area contributed by atoms with Crippen LogP contribution in [0.3, 0.4) is 0 Å². The number of hydrogen-bond acceptors (Lipinski definition) is 6. The Morgan fingerprint density at radius 3 is 2.77 bits per heavy atom. The average Bonchev–Trinajstić information content (AvgIpc) is 3.21. The number of rotatable bonds is 5. The molecule has 0 spiro atoms. The first kappa shape index (κ1) is 19.9. The van der Waals surface area contributed by atoms with E-state index in [0.717, 1.165) is 35.2 Å². The van der Waals surface area contributed by atoms with Crippen LogP contribution < -0.4 is 10.6 Å². The molecule has 4 N–H and O–H groups in total. The molecule has 2 aromatic carbocycles. The van der Waals surface area contributed by atoms with Crippen molar-refractivity contribution in [3.05, 3.63) is 59.7 Å². The minimum Gasteiger partial charge on any atom is -0.494 e. The van der Waals surface area contributed by atoms with Gasteiger partial charge in [0.15, 0.2) is 12.5 Å². The van der Waals surface area contributed by atoms with Crippen molar-refractivity contribution in [2.75, 3.05) is 19.7 Å². The number of para-hydroxylation sites is 2. The van der Waals surface area contributed by atoms with Crippen LogP contribution in [-0.2, 0) is 9.63 Å². The summed E-state index contributed by atoms with van der Waals surface area (Å²) in [6, 6.07) is 15.3. The maximum absolute atomic E-state index is 12.0. The summed E-state index contributed by atoms with van der Waals surface area (Å²) in [7, 11) is 0. The Bertz CT molecular complexity index is 1170. The number of carbonyl (C=O) groups excluding carboxylic acids is 1. The molecule has 1 amide bonds. The molecular weight excluding hydrogens is 406 g/mol. The van der Waals surface area contributed by atoms with Crippen molar-refractivity contribution in [1.29, 1.82) is 0 Å². The molecule has 1 saturated heterocycles. The summed E-state index contributed by atoms with van der Waals surface area (Å²) in [6.45, 7) is 1.35. The first-order valence-corrected chi connectivity index (χ1v) is 9.39. The zero-order valence-corrected chi connectivity index (χ0v) is 16.7. The molecule has 5 rings (SSSR count). The van der Waals surface area contributed by atoms with Gasteiger partial charge >= 0.3 is 0 Å². The largest absolute Gasteiger partial charge is 0.494 e. The van der Waals surface area contributed by atoms with Crippen molar-refractivity contribution in [2.24, 2.45) is 10.1 Å². The molecule has 8 nitrogen and oxygen atoms in total. The smallest absolute Gasteiger partial charge is 0.261 e. The van der Waals surface area contributed by atoms with Crippen molar-refractivity contribution in [2.45, 2.75) is 6.04 Å². The van der Waals surface area contributed by atoms with Gasteiger partial charge in [0.2, 0.25) is 0 Å². The number of amides is 1. The van der Waals surface area contributed by atoms with Crippen LogP contribution in [0, 0.1) is 0 Å². The number of halogens is 1. The van der Waals surface area contributed by atoms with Gasteiger partial charge in [-0.3, -0.25) is 4.79 Å². The summed E-state index contributed by atoms with van der Waals surface area (Å²) >= 11 is 0. The van der Waals surface area contributed by atoms with Gasteiger partial charge in [-0.1, -0.05) is 41.6 Å². The Labute approximate surface area is 178 Å². The highest BCUT2D eigenvalue weighted by atomic mass is 35.5. The first-order chi connectivity index (χ1) is 14.2. The van der Waals surface area contributed by atoms with Crippen LogP contribution in [-0.4, -0.2) is 53.2 Å². The number of aromatic nitrogens is 1. The second kappa shape index (κ2) is 8.17. The summed E-state index contributed by atoms with van der Waals surface area (Å²) in [5, 5.41) is 21.6. The Hall–Kier alpha value is -3.36. The number of nitrogens with zero attached hydrogens (tertiary/aromatic N) is 2. The third-order valence-electron chi connectivity index (χ3n) is 5.04. The minimum atomic E-state index is -0.222. The van der Waals surface area contributed by atoms with Crippen LogP contribution in [0.4, 0.5) is 5.69 Å². The Morgan fingerprint density at radius 1 is 1.20 bits per heavy atom. The van der Waals surface area contributed by atoms with Crippen molar-refractivity contribution in [3.8, 4) is 5.88 Å². The molecule has 1 fully saturated rings. The quantitative estimate of drug-likeness (QED) is 0.470. The van der Waals surface area contributed by atoms with Crippen LogP contribution in [0.5, 0.6) is 5.88 Å². The van der Waals surface area contributed by atoms with Crippen molar-refractivity contribution in [3.63, 3.8) is 0 Å². The number of aromatic amines is 1. The van der Waals surface area contributed by atoms with Gasteiger partial charge in [-0.05, 0) is 12.1 Å². The van der Waals surface area contributed by atoms with Gasteiger partial charge < -0.3 is 25.6 Å². The standard InChI is InChI=1S/C21H19N5O3.ClH/c27-17(23-12-9-22-10-12)11-29-26-19-14-6-2-4-8-16(14)24-20(19)18-13-5-1-3-7-15(13)25-21(18)28;/h1-8,12,22,25,28H,9-11H2,(H,23,27);1H/b26-19+;. The molecule has 0 unspecified atom stereocenters. The van der Waals surface area contributed by atoms with E-state index in [4.69, 9.17) is 4.84 Å². The van der Waals surface area contributed by atoms with Crippen LogP contribution in [0.2, 0.25) is 0 Å². The lowest BCUT2D eigenvalue weighted by molar-refractivity contribution is -0.126. The maximum atomic E-state index is 12.0. The number of hydrogen-bond donors (Lipinski definition) is 4. The van der Waals surface area contributed by atoms with Gasteiger partial charge in [0.1, 0.15) is 11.4 Å². The van der Waals surface area contributed by atoms with E-state index in [1.807, 2.05) is 48.5 Å². The highest BCUT2D eigenvalue weighted by Gasteiger charge is 2.29. The molecule has 2 aliphatic heterocycles. The maximum Gasteiger partial charge on any atom is 0.261 e. The molecule has 3 aromatic rings. The second-order valence-electron chi connectivity index (χ2n) is 7.01. The summed E-state index contributed by atoms with van der Waals surface area (Å²) in [5.41, 5.74) is 3.87. The third kappa shape index (κ3) is 3.51. The number of H-pyrrole nitrogens is 1. The number of aliphatic imine (C=N–C) groups is 1. The number of oxime groups is 1. The van der Waals surface area contributed by atoms with E-state index in [1.54, 1.807) is 0 Å². The van der Waals surface area contributed by atoms with Crippen molar-refractivity contribution in [1.82, 2.24) is 15.6 Å². The van der Waals surface area contributed by atoms with E-state index in [0.29, 0.717) is 17.0 Å². The monoisotopic (exact) mass is 425 g/mol. The summed E-state index contributed by atoms with van der Waals surface area (Å²) in [4.78, 5) is 25.0. The number of nitrogens with one attached hydrogen (secondary N) is 3. The fourth-order valence-electron chi connectivity index (χ4n) is 3.52. The lowest BCUT2D eigenvalue weighted by Gasteiger charge is -2.27. The van der Waals surface area contributed by atoms with E-state index in [-0.39, 0.29) is 36.8 Å². The molecule has 0 atom stereocenters. The lowest BCUT2D eigenvalue weighted by atomic mass is 10.0. The van der Waals surface area contributed by atoms with Gasteiger partial charge in [0, 0.05) is 29.6 Å². The van der Waals surface area contributed by atoms with Crippen molar-refractivity contribution < 1.29 is 14.7 Å². The topological polar surface area (TPSA) is 111 Å². The van der Waals surface area contributed by atoms with E-state index < -0.39 is 0 Å². The normalized spacial score (nSPS) is 16.5. The fraction of sp³-hybridized carbons (Fsp3) is 0.190. The van der Waals surface area contributed by atoms with E-state index in [9.17, 15) is 9.90 Å². The van der Waals surface area contributed by atoms with E-state index in [1.165, 1.54) is 0 Å². The van der Waals surface area contributed by atoms with Gasteiger partial charge in [-0.25, -0.2) is 4.99 Å². The molecule has 2 aliphatic rings. The van der Waals surface area contributed by atoms with Crippen LogP contribution >= 0.6 is 12.4 Å². The summed E-state index contributed by atoms with van der Waals surface area (Å²) < 4.78 is 0. The van der Waals surface area contributed by atoms with Gasteiger partial charge in [-0.15, -0.1) is 12.4 Å². The molecular formula is C21H20ClN5O3. The van der Waals surface area contributed by atoms with E-state index in [2.05, 4.69) is 25.8 Å². The Balaban J connectivity index is 0.00000218. The third-order valence-corrected chi connectivity index (χ3v) is 5.04. The van der Waals surface area contributed by atoms with Gasteiger partial charge in [-0.2, -0.15) is 0 Å². The number of fused-ring (bicyclic) bond motifs is 2. The molecule has 0 aliphatic carbocycles. The zero-order chi connectivity index (χ0) is 19.8. The van der Waals surface area contributed by atoms with Crippen LogP contribution in [0.25, 0.3) is 10.9 Å². The molecule has 3 heterocycles. The van der Waals surface area contributed by atoms with E-state index >= 15 is 0 Å². The predicted octanol–water partition coefficient (Wildman–Crippen LogP) is 2.24. The van der Waals surface area contributed by atoms with Crippen molar-refractivity contribution >= 4 is 46.3 Å². The second-order valence-corrected chi connectivity index (χ2v) is 7.01. The molecule has 0 saturated carbocycles. The van der Waals surface area contributed by atoms with Crippen LogP contribution in [0.15, 0.2) is 58.7 Å². The Morgan fingerprint density at radius 2 is 1.97 bits per heavy atom. The molecule has 9 heteroatoms. The van der Waals surface area contributed by atoms with Gasteiger partial charge in [0.05, 0.1) is 17.3 Å². The highest BCUT2D eigenvalue weighted by Crippen LogP contribution is 2.35. The summed E-state index contributed by atoms with van der Waals surface area (Å²) in [6.07, 6.45) is 0. The number of aromatic hydroxyl groups is 1. The predicted molar refractivity (Wildman–Crippen MR) is 117 cm³/mol. The minimum absolute atomic E-state index is 0. The van der Waals surface area contributed by atoms with Crippen LogP contribution in [0.1, 0.15) is 11.1 Å². The fourth-order valence-corrected chi connectivity index (χ4v) is 3.52. The number of carbonyl (C=O) groups is 1. The lowest BCUT2D eigenvalue weighted by Crippen LogP contribution is -2.57. The summed E-state index contributed by atoms with van der Waals surface area (Å²) in [5.74, 6) is -0.207. The molecule has 0 radical (unpaired) electrons. The van der Waals surface area contributed by atoms with Gasteiger partial charge in [0.25, 0.3) is 5.91 Å². The Kier molecular flexibility index (Phi) is 5.43. The molecule has 30 heavy (non-hydrogen) atoms. The first-order valence-electron chi connectivity index (χ1n) is 9.39. The highest BCUT2D eigenvalue weighted by molar-refractivity contribution is 6.58. The average molecular weight is 426 g/mol. The molecule has 1 aromatic heterocycles. The SMILES string of the molecule is Cl.O=C(CO/N=C1/C(c2c(O)[nH]c3ccccc23)=Nc2ccccc21)NC1CNC1. The zero-order valence-electron chi connectivity index (χ0n) is 15.9.